The molecule has 0 amide bonds. The second-order valence-corrected chi connectivity index (χ2v) is 5.58. The molecule has 1 aliphatic heterocycles. The van der Waals surface area contributed by atoms with Gasteiger partial charge in [0.25, 0.3) is 0 Å². The van der Waals surface area contributed by atoms with Crippen LogP contribution in [0.5, 0.6) is 0 Å². The smallest absolute Gasteiger partial charge is 0.463 e. The molecule has 2 rings (SSSR count). The number of aliphatic hydroxyl groups is 1. The number of esters is 1. The maximum absolute atomic E-state index is 14.8. The largest absolute Gasteiger partial charge is 0.551 e. The van der Waals surface area contributed by atoms with Crippen LogP contribution in [-0.4, -0.2) is 64.7 Å². The second kappa shape index (κ2) is 5.74. The van der Waals surface area contributed by atoms with Crippen LogP contribution in [0.25, 0.3) is 0 Å². The van der Waals surface area contributed by atoms with Crippen molar-refractivity contribution in [3.05, 3.63) is 12.2 Å². The van der Waals surface area contributed by atoms with Crippen LogP contribution in [0.1, 0.15) is 27.7 Å². The molecule has 0 aromatic carbocycles. The summed E-state index contributed by atoms with van der Waals surface area (Å²) >= 11 is 0. The molecule has 0 aromatic rings. The minimum Gasteiger partial charge on any atom is -0.463 e. The Morgan fingerprint density at radius 1 is 1.35 bits per heavy atom. The quantitative estimate of drug-likeness (QED) is 0.473. The SMILES string of the molecule is CCOC(=O)[C@@]12OC(=[N+](CC)CC)O[C@]1(C)C=C[C@@H](O)C2(F)F. The second-order valence-electron chi connectivity index (χ2n) is 5.58. The fourth-order valence-electron chi connectivity index (χ4n) is 2.88. The molecule has 1 aliphatic carbocycles. The molecule has 0 saturated carbocycles. The highest BCUT2D eigenvalue weighted by molar-refractivity contribution is 5.89. The lowest BCUT2D eigenvalue weighted by Gasteiger charge is -2.43. The Labute approximate surface area is 133 Å². The first-order valence-corrected chi connectivity index (χ1v) is 7.62. The summed E-state index contributed by atoms with van der Waals surface area (Å²) in [6.45, 7) is 7.20. The first-order chi connectivity index (χ1) is 10.7. The van der Waals surface area contributed by atoms with Gasteiger partial charge < -0.3 is 19.3 Å². The monoisotopic (exact) mass is 334 g/mol. The summed E-state index contributed by atoms with van der Waals surface area (Å²) in [5.41, 5.74) is -4.57. The number of nitrogens with zero attached hydrogens (tertiary/aromatic N) is 1. The molecule has 1 heterocycles. The Kier molecular flexibility index (Phi) is 4.40. The Balaban J connectivity index is 2.67. The predicted molar refractivity (Wildman–Crippen MR) is 76.4 cm³/mol. The van der Waals surface area contributed by atoms with Gasteiger partial charge in [-0.15, -0.1) is 0 Å². The van der Waals surface area contributed by atoms with Crippen LogP contribution in [0, 0.1) is 0 Å². The number of rotatable bonds is 4. The lowest BCUT2D eigenvalue weighted by Crippen LogP contribution is -2.71. The minimum atomic E-state index is -3.92. The number of aliphatic hydroxyl groups excluding tert-OH is 1. The van der Waals surface area contributed by atoms with Crippen molar-refractivity contribution in [1.82, 2.24) is 0 Å². The number of carbonyl (C=O) groups is 1. The van der Waals surface area contributed by atoms with Gasteiger partial charge in [0.1, 0.15) is 19.2 Å². The van der Waals surface area contributed by atoms with Crippen molar-refractivity contribution < 1.29 is 37.5 Å². The minimum absolute atomic E-state index is 0.101. The molecule has 23 heavy (non-hydrogen) atoms. The molecular weight excluding hydrogens is 312 g/mol. The highest BCUT2D eigenvalue weighted by Crippen LogP contribution is 2.53. The first-order valence-electron chi connectivity index (χ1n) is 7.62. The van der Waals surface area contributed by atoms with Crippen molar-refractivity contribution in [2.45, 2.75) is 50.9 Å². The number of carbonyl (C=O) groups excluding carboxylic acids is 1. The zero-order valence-electron chi connectivity index (χ0n) is 13.6. The summed E-state index contributed by atoms with van der Waals surface area (Å²) < 4.78 is 47.0. The average Bonchev–Trinajstić information content (AvgIpc) is 2.81. The van der Waals surface area contributed by atoms with E-state index in [1.54, 1.807) is 18.4 Å². The molecule has 0 radical (unpaired) electrons. The number of ether oxygens (including phenoxy) is 3. The lowest BCUT2D eigenvalue weighted by atomic mass is 9.73. The molecule has 1 N–H and O–H groups in total. The van der Waals surface area contributed by atoms with Gasteiger partial charge in [-0.3, -0.25) is 0 Å². The van der Waals surface area contributed by atoms with Crippen molar-refractivity contribution in [3.63, 3.8) is 0 Å². The molecular formula is C15H22F2NO5+. The number of halogens is 2. The van der Waals surface area contributed by atoms with Crippen LogP contribution in [0.4, 0.5) is 8.78 Å². The Morgan fingerprint density at radius 3 is 2.48 bits per heavy atom. The van der Waals surface area contributed by atoms with Gasteiger partial charge in [-0.05, 0) is 39.8 Å². The molecule has 6 nitrogen and oxygen atoms in total. The summed E-state index contributed by atoms with van der Waals surface area (Å²) in [6, 6.07) is 0. The molecule has 1 saturated heterocycles. The molecule has 0 aromatic heterocycles. The Bertz CT molecular complexity index is 556. The zero-order valence-corrected chi connectivity index (χ0v) is 13.6. The van der Waals surface area contributed by atoms with Crippen molar-refractivity contribution in [2.24, 2.45) is 0 Å². The third kappa shape index (κ3) is 2.22. The van der Waals surface area contributed by atoms with Crippen LogP contribution >= 0.6 is 0 Å². The van der Waals surface area contributed by atoms with Crippen molar-refractivity contribution in [2.75, 3.05) is 19.7 Å². The third-order valence-electron chi connectivity index (χ3n) is 4.26. The molecule has 130 valence electrons. The standard InChI is InChI=1S/C15H22F2NO5/c1-5-18(6-2)12-22-13(4)9-8-10(19)15(16,17)14(13,23-12)11(20)21-7-3/h8-10,19H,5-7H2,1-4H3/q+1/t10-,13-,14-/m1/s1. The van der Waals surface area contributed by atoms with Crippen LogP contribution in [-0.2, 0) is 19.0 Å². The van der Waals surface area contributed by atoms with E-state index in [1.165, 1.54) is 19.9 Å². The number of alkyl halides is 2. The molecule has 0 bridgehead atoms. The van der Waals surface area contributed by atoms with Gasteiger partial charge in [-0.25, -0.2) is 4.79 Å². The topological polar surface area (TPSA) is 68.0 Å². The molecule has 0 unspecified atom stereocenters. The van der Waals surface area contributed by atoms with Gasteiger partial charge in [0.2, 0.25) is 0 Å². The van der Waals surface area contributed by atoms with Crippen LogP contribution < -0.4 is 0 Å². The van der Waals surface area contributed by atoms with Crippen LogP contribution in [0.2, 0.25) is 0 Å². The molecule has 8 heteroatoms. The van der Waals surface area contributed by atoms with Crippen LogP contribution in [0.15, 0.2) is 12.2 Å². The van der Waals surface area contributed by atoms with Gasteiger partial charge in [0.15, 0.2) is 5.60 Å². The average molecular weight is 334 g/mol. The molecule has 0 spiro atoms. The summed E-state index contributed by atoms with van der Waals surface area (Å²) in [5, 5.41) is 9.72. The van der Waals surface area contributed by atoms with E-state index in [2.05, 4.69) is 0 Å². The summed E-state index contributed by atoms with van der Waals surface area (Å²) in [5.74, 6) is -5.18. The van der Waals surface area contributed by atoms with Crippen molar-refractivity contribution in [1.29, 1.82) is 0 Å². The van der Waals surface area contributed by atoms with Crippen LogP contribution in [0.3, 0.4) is 0 Å². The molecule has 1 fully saturated rings. The lowest BCUT2D eigenvalue weighted by molar-refractivity contribution is -0.537. The summed E-state index contributed by atoms with van der Waals surface area (Å²) in [4.78, 5) is 12.4. The fourth-order valence-corrected chi connectivity index (χ4v) is 2.88. The van der Waals surface area contributed by atoms with E-state index in [-0.39, 0.29) is 12.7 Å². The summed E-state index contributed by atoms with van der Waals surface area (Å²) in [7, 11) is 0. The normalized spacial score (nSPS) is 34.4. The maximum atomic E-state index is 14.8. The van der Waals surface area contributed by atoms with Gasteiger partial charge in [-0.1, -0.05) is 0 Å². The van der Waals surface area contributed by atoms with Crippen molar-refractivity contribution in [3.8, 4) is 0 Å². The van der Waals surface area contributed by atoms with E-state index >= 15 is 0 Å². The summed E-state index contributed by atoms with van der Waals surface area (Å²) in [6.07, 6.45) is -0.224. The first kappa shape index (κ1) is 17.7. The van der Waals surface area contributed by atoms with E-state index in [4.69, 9.17) is 14.2 Å². The van der Waals surface area contributed by atoms with E-state index in [0.29, 0.717) is 13.1 Å². The highest BCUT2D eigenvalue weighted by atomic mass is 19.3. The van der Waals surface area contributed by atoms with E-state index in [1.807, 2.05) is 0 Å². The van der Waals surface area contributed by atoms with E-state index in [9.17, 15) is 18.7 Å². The van der Waals surface area contributed by atoms with Gasteiger partial charge in [0.05, 0.1) is 6.61 Å². The zero-order chi connectivity index (χ0) is 17.5. The van der Waals surface area contributed by atoms with Gasteiger partial charge >= 0.3 is 23.6 Å². The Morgan fingerprint density at radius 2 is 1.96 bits per heavy atom. The third-order valence-corrected chi connectivity index (χ3v) is 4.26. The molecule has 3 atom stereocenters. The van der Waals surface area contributed by atoms with Gasteiger partial charge in [0, 0.05) is 0 Å². The highest BCUT2D eigenvalue weighted by Gasteiger charge is 2.82. The molecule has 2 aliphatic rings. The van der Waals surface area contributed by atoms with E-state index in [0.717, 1.165) is 6.08 Å². The van der Waals surface area contributed by atoms with E-state index < -0.39 is 29.2 Å². The number of hydrogen-bond acceptors (Lipinski definition) is 5. The van der Waals surface area contributed by atoms with Gasteiger partial charge in [-0.2, -0.15) is 13.4 Å². The fraction of sp³-hybridized carbons (Fsp3) is 0.733. The Hall–Kier alpha value is -1.70. The number of hydrogen-bond donors (Lipinski definition) is 1. The maximum Gasteiger partial charge on any atom is 0.551 e. The van der Waals surface area contributed by atoms with Crippen molar-refractivity contribution >= 4 is 12.1 Å². The predicted octanol–water partition coefficient (Wildman–Crippen LogP) is 1.07. The number of fused-ring (bicyclic) bond motifs is 1.